The van der Waals surface area contributed by atoms with Crippen LogP contribution in [0.15, 0.2) is 59.1 Å². The summed E-state index contributed by atoms with van der Waals surface area (Å²) in [6, 6.07) is 16.4. The Hall–Kier alpha value is -1.95. The second-order valence-corrected chi connectivity index (χ2v) is 6.85. The number of nitrogens with one attached hydrogen (secondary N) is 3. The van der Waals surface area contributed by atoms with Crippen LogP contribution in [0.2, 0.25) is 0 Å². The van der Waals surface area contributed by atoms with Crippen molar-refractivity contribution in [3.63, 3.8) is 0 Å². The lowest BCUT2D eigenvalue weighted by Gasteiger charge is -2.10. The highest BCUT2D eigenvalue weighted by Gasteiger charge is 2.25. The van der Waals surface area contributed by atoms with Gasteiger partial charge in [-0.05, 0) is 36.3 Å². The summed E-state index contributed by atoms with van der Waals surface area (Å²) in [5.41, 5.74) is 9.76. The lowest BCUT2D eigenvalue weighted by atomic mass is 10.0. The van der Waals surface area contributed by atoms with Gasteiger partial charge >= 0.3 is 0 Å². The van der Waals surface area contributed by atoms with Gasteiger partial charge < -0.3 is 5.32 Å². The smallest absolute Gasteiger partial charge is 0.245 e. The number of halogens is 1. The molecular weight excluding hydrogens is 366 g/mol. The highest BCUT2D eigenvalue weighted by atomic mass is 79.9. The van der Waals surface area contributed by atoms with Gasteiger partial charge in [0.15, 0.2) is 0 Å². The molecule has 2 aromatic rings. The molecule has 1 fully saturated rings. The van der Waals surface area contributed by atoms with Crippen molar-refractivity contribution in [2.45, 2.75) is 25.6 Å². The third kappa shape index (κ3) is 4.54. The summed E-state index contributed by atoms with van der Waals surface area (Å²) in [7, 11) is 0. The average molecular weight is 386 g/mol. The molecule has 0 saturated carbocycles. The summed E-state index contributed by atoms with van der Waals surface area (Å²) in [5.74, 6) is -0.105. The monoisotopic (exact) mass is 385 g/mol. The Morgan fingerprint density at radius 2 is 1.83 bits per heavy atom. The van der Waals surface area contributed by atoms with Crippen LogP contribution in [0.5, 0.6) is 0 Å². The van der Waals surface area contributed by atoms with Crippen molar-refractivity contribution in [3.8, 4) is 0 Å². The van der Waals surface area contributed by atoms with Crippen LogP contribution in [0, 0.1) is 6.92 Å². The molecule has 3 rings (SSSR count). The molecule has 3 N–H and O–H groups in total. The minimum Gasteiger partial charge on any atom is -0.336 e. The fourth-order valence-corrected chi connectivity index (χ4v) is 2.90. The summed E-state index contributed by atoms with van der Waals surface area (Å²) in [6.45, 7) is 2.04. The van der Waals surface area contributed by atoms with E-state index in [2.05, 4.69) is 44.2 Å². The Morgan fingerprint density at radius 1 is 1.12 bits per heavy atom. The van der Waals surface area contributed by atoms with Crippen LogP contribution in [0.3, 0.4) is 0 Å². The minimum absolute atomic E-state index is 0.0891. The van der Waals surface area contributed by atoms with E-state index < -0.39 is 0 Å². The Kier molecular flexibility index (Phi) is 5.45. The molecule has 4 nitrogen and oxygen atoms in total. The molecule has 2 aromatic carbocycles. The van der Waals surface area contributed by atoms with E-state index in [1.807, 2.05) is 49.4 Å². The Labute approximate surface area is 150 Å². The van der Waals surface area contributed by atoms with Crippen LogP contribution < -0.4 is 16.2 Å². The number of hydrogen-bond acceptors (Lipinski definition) is 3. The van der Waals surface area contributed by atoms with Crippen molar-refractivity contribution in [1.29, 1.82) is 0 Å². The van der Waals surface area contributed by atoms with E-state index in [4.69, 9.17) is 0 Å². The maximum atomic E-state index is 12.1. The number of amides is 1. The Balaban J connectivity index is 1.52. The van der Waals surface area contributed by atoms with Crippen LogP contribution in [-0.4, -0.2) is 12.1 Å². The van der Waals surface area contributed by atoms with E-state index >= 15 is 0 Å². The predicted molar refractivity (Wildman–Crippen MR) is 99.9 cm³/mol. The zero-order valence-electron chi connectivity index (χ0n) is 13.4. The van der Waals surface area contributed by atoms with Gasteiger partial charge in [0.1, 0.15) is 0 Å². The fraction of sp³-hybridized carbons (Fsp3) is 0.211. The summed E-state index contributed by atoms with van der Waals surface area (Å²) >= 11 is 3.44. The zero-order valence-corrected chi connectivity index (χ0v) is 15.0. The van der Waals surface area contributed by atoms with Gasteiger partial charge in [-0.25, -0.2) is 10.9 Å². The second kappa shape index (κ2) is 7.75. The summed E-state index contributed by atoms with van der Waals surface area (Å²) < 4.78 is 1.06. The first-order valence-corrected chi connectivity index (χ1v) is 8.71. The van der Waals surface area contributed by atoms with Crippen LogP contribution in [-0.2, 0) is 4.79 Å². The lowest BCUT2D eigenvalue weighted by Crippen LogP contribution is -2.43. The highest BCUT2D eigenvalue weighted by Crippen LogP contribution is 2.22. The van der Waals surface area contributed by atoms with Gasteiger partial charge in [-0.15, -0.1) is 0 Å². The van der Waals surface area contributed by atoms with Crippen LogP contribution >= 0.6 is 15.9 Å². The highest BCUT2D eigenvalue weighted by molar-refractivity contribution is 9.10. The van der Waals surface area contributed by atoms with Gasteiger partial charge in [0.2, 0.25) is 5.91 Å². The molecule has 5 heteroatoms. The molecule has 0 bridgehead atoms. The van der Waals surface area contributed by atoms with Crippen molar-refractivity contribution in [2.75, 3.05) is 0 Å². The topological polar surface area (TPSA) is 53.2 Å². The first-order chi connectivity index (χ1) is 11.6. The van der Waals surface area contributed by atoms with Gasteiger partial charge in [0.05, 0.1) is 6.17 Å². The maximum absolute atomic E-state index is 12.1. The van der Waals surface area contributed by atoms with E-state index in [1.54, 1.807) is 6.08 Å². The summed E-state index contributed by atoms with van der Waals surface area (Å²) in [5, 5.41) is 2.96. The first-order valence-electron chi connectivity index (χ1n) is 7.92. The molecule has 2 atom stereocenters. The molecule has 2 unspecified atom stereocenters. The molecule has 1 saturated heterocycles. The van der Waals surface area contributed by atoms with Crippen LogP contribution in [0.1, 0.15) is 29.2 Å². The van der Waals surface area contributed by atoms with Gasteiger partial charge in [-0.3, -0.25) is 4.79 Å². The van der Waals surface area contributed by atoms with Gasteiger partial charge in [0, 0.05) is 23.0 Å². The normalized spacial score (nSPS) is 20.4. The van der Waals surface area contributed by atoms with E-state index in [-0.39, 0.29) is 18.1 Å². The van der Waals surface area contributed by atoms with Gasteiger partial charge in [0.25, 0.3) is 0 Å². The Morgan fingerprint density at radius 3 is 2.54 bits per heavy atom. The molecule has 1 aliphatic heterocycles. The van der Waals surface area contributed by atoms with Crippen molar-refractivity contribution >= 4 is 27.9 Å². The molecule has 1 aliphatic rings. The van der Waals surface area contributed by atoms with Crippen LogP contribution in [0.25, 0.3) is 6.08 Å². The Bertz CT molecular complexity index is 725. The minimum atomic E-state index is -0.105. The van der Waals surface area contributed by atoms with Crippen molar-refractivity contribution in [3.05, 3.63) is 75.8 Å². The molecule has 0 aromatic heterocycles. The number of carbonyl (C=O) groups excluding carboxylic acids is 1. The molecule has 1 amide bonds. The average Bonchev–Trinajstić information content (AvgIpc) is 3.03. The number of benzene rings is 2. The van der Waals surface area contributed by atoms with Gasteiger partial charge in [-0.1, -0.05) is 57.9 Å². The van der Waals surface area contributed by atoms with E-state index in [1.165, 1.54) is 11.1 Å². The van der Waals surface area contributed by atoms with Crippen molar-refractivity contribution in [1.82, 2.24) is 16.2 Å². The number of carbonyl (C=O) groups is 1. The first kappa shape index (κ1) is 16.9. The van der Waals surface area contributed by atoms with E-state index in [0.717, 1.165) is 16.5 Å². The summed E-state index contributed by atoms with van der Waals surface area (Å²) in [6.07, 6.45) is 4.10. The van der Waals surface area contributed by atoms with Crippen molar-refractivity contribution < 1.29 is 4.79 Å². The number of aryl methyl sites for hydroxylation is 1. The van der Waals surface area contributed by atoms with Gasteiger partial charge in [-0.2, -0.15) is 0 Å². The molecule has 0 radical (unpaired) electrons. The largest absolute Gasteiger partial charge is 0.336 e. The molecule has 124 valence electrons. The number of hydrogen-bond donors (Lipinski definition) is 3. The van der Waals surface area contributed by atoms with E-state index in [0.29, 0.717) is 0 Å². The molecule has 0 aliphatic carbocycles. The fourth-order valence-electron chi connectivity index (χ4n) is 2.63. The van der Waals surface area contributed by atoms with E-state index in [9.17, 15) is 4.79 Å². The maximum Gasteiger partial charge on any atom is 0.245 e. The molecule has 1 heterocycles. The molecular formula is C19H20BrN3O. The van der Waals surface area contributed by atoms with Crippen molar-refractivity contribution in [2.24, 2.45) is 0 Å². The predicted octanol–water partition coefficient (Wildman–Crippen LogP) is 3.45. The third-order valence-corrected chi connectivity index (χ3v) is 4.53. The molecule has 24 heavy (non-hydrogen) atoms. The number of rotatable bonds is 4. The zero-order chi connectivity index (χ0) is 16.9. The quantitative estimate of drug-likeness (QED) is 0.706. The summed E-state index contributed by atoms with van der Waals surface area (Å²) in [4.78, 5) is 12.1. The number of hydrazine groups is 1. The second-order valence-electron chi connectivity index (χ2n) is 5.93. The standard InChI is InChI=1S/C19H20BrN3O/c1-13-2-4-14(5-3-13)6-11-19(24)21-18-12-17(22-23-18)15-7-9-16(20)10-8-15/h2-11,17-18,22-23H,12H2,1H3,(H,21,24)/b11-6+. The molecule has 0 spiro atoms. The lowest BCUT2D eigenvalue weighted by molar-refractivity contribution is -0.117. The van der Waals surface area contributed by atoms with Crippen LogP contribution in [0.4, 0.5) is 0 Å². The third-order valence-electron chi connectivity index (χ3n) is 4.00. The SMILES string of the molecule is Cc1ccc(/C=C/C(=O)NC2CC(c3ccc(Br)cc3)NN2)cc1.